The topological polar surface area (TPSA) is 106 Å². The summed E-state index contributed by atoms with van der Waals surface area (Å²) in [7, 11) is -2.38. The predicted octanol–water partition coefficient (Wildman–Crippen LogP) is 4.01. The summed E-state index contributed by atoms with van der Waals surface area (Å²) >= 11 is 11.7. The molecule has 11 heteroatoms. The summed E-state index contributed by atoms with van der Waals surface area (Å²) in [6, 6.07) is 15.2. The lowest BCUT2D eigenvalue weighted by molar-refractivity contribution is -0.119. The molecular formula is C21H17Cl2N3O5S. The molecule has 0 aliphatic heterocycles. The molecule has 0 saturated heterocycles. The van der Waals surface area contributed by atoms with Crippen LogP contribution in [0.2, 0.25) is 10.0 Å². The van der Waals surface area contributed by atoms with Crippen molar-refractivity contribution in [3.05, 3.63) is 82.5 Å². The van der Waals surface area contributed by atoms with E-state index in [2.05, 4.69) is 10.3 Å². The van der Waals surface area contributed by atoms with E-state index in [0.29, 0.717) is 10.7 Å². The number of sulfonamides is 1. The number of aromatic nitrogens is 1. The lowest BCUT2D eigenvalue weighted by Gasteiger charge is -2.19. The third kappa shape index (κ3) is 5.56. The Morgan fingerprint density at radius 2 is 1.72 bits per heavy atom. The number of pyridine rings is 1. The molecule has 0 aliphatic rings. The van der Waals surface area contributed by atoms with E-state index in [-0.39, 0.29) is 21.3 Å². The summed E-state index contributed by atoms with van der Waals surface area (Å²) in [5.74, 6) is -1.37. The normalized spacial score (nSPS) is 11.0. The van der Waals surface area contributed by atoms with E-state index in [1.807, 2.05) is 0 Å². The molecule has 0 unspecified atom stereocenters. The molecule has 1 heterocycles. The molecule has 0 spiro atoms. The van der Waals surface area contributed by atoms with Gasteiger partial charge in [-0.1, -0.05) is 41.4 Å². The van der Waals surface area contributed by atoms with E-state index < -0.39 is 28.5 Å². The maximum Gasteiger partial charge on any atom is 0.338 e. The van der Waals surface area contributed by atoms with Gasteiger partial charge in [0.25, 0.3) is 15.9 Å². The van der Waals surface area contributed by atoms with Gasteiger partial charge in [-0.15, -0.1) is 0 Å². The zero-order valence-electron chi connectivity index (χ0n) is 16.7. The van der Waals surface area contributed by atoms with Gasteiger partial charge < -0.3 is 10.1 Å². The summed E-state index contributed by atoms with van der Waals surface area (Å²) in [6.07, 6.45) is 1.31. The van der Waals surface area contributed by atoms with E-state index in [0.717, 1.165) is 4.31 Å². The van der Waals surface area contributed by atoms with Crippen LogP contribution >= 0.6 is 23.2 Å². The van der Waals surface area contributed by atoms with Gasteiger partial charge in [0.15, 0.2) is 12.4 Å². The number of esters is 1. The molecule has 1 N–H and O–H groups in total. The molecule has 0 bridgehead atoms. The Hall–Kier alpha value is -3.14. The number of ether oxygens (including phenoxy) is 1. The van der Waals surface area contributed by atoms with E-state index in [1.54, 1.807) is 30.3 Å². The van der Waals surface area contributed by atoms with E-state index >= 15 is 0 Å². The van der Waals surface area contributed by atoms with Crippen LogP contribution in [-0.2, 0) is 19.6 Å². The van der Waals surface area contributed by atoms with Gasteiger partial charge in [-0.25, -0.2) is 18.2 Å². The van der Waals surface area contributed by atoms with Crippen molar-refractivity contribution in [2.75, 3.05) is 23.3 Å². The smallest absolute Gasteiger partial charge is 0.338 e. The third-order valence-corrected chi connectivity index (χ3v) is 6.56. The van der Waals surface area contributed by atoms with E-state index in [1.165, 1.54) is 43.6 Å². The summed E-state index contributed by atoms with van der Waals surface area (Å²) in [5, 5.41) is 2.84. The molecule has 3 aromatic rings. The average molecular weight is 494 g/mol. The highest BCUT2D eigenvalue weighted by Crippen LogP contribution is 2.23. The minimum absolute atomic E-state index is 0.00148. The molecule has 2 aromatic carbocycles. The van der Waals surface area contributed by atoms with Crippen molar-refractivity contribution in [3.8, 4) is 0 Å². The number of hydrogen-bond donors (Lipinski definition) is 1. The first-order chi connectivity index (χ1) is 15.2. The van der Waals surface area contributed by atoms with Crippen molar-refractivity contribution in [3.63, 3.8) is 0 Å². The number of hydrogen-bond acceptors (Lipinski definition) is 6. The first-order valence-corrected chi connectivity index (χ1v) is 11.3. The second kappa shape index (κ2) is 9.99. The number of anilines is 2. The highest BCUT2D eigenvalue weighted by molar-refractivity contribution is 7.92. The number of carbonyl (C=O) groups is 2. The van der Waals surface area contributed by atoms with Gasteiger partial charge in [-0.3, -0.25) is 9.10 Å². The highest BCUT2D eigenvalue weighted by atomic mass is 35.5. The highest BCUT2D eigenvalue weighted by Gasteiger charge is 2.22. The maximum absolute atomic E-state index is 12.8. The average Bonchev–Trinajstić information content (AvgIpc) is 2.79. The first kappa shape index (κ1) is 23.5. The fraction of sp³-hybridized carbons (Fsp3) is 0.0952. The minimum atomic E-state index is -3.81. The van der Waals surface area contributed by atoms with E-state index in [4.69, 9.17) is 27.9 Å². The van der Waals surface area contributed by atoms with Gasteiger partial charge in [0.1, 0.15) is 0 Å². The van der Waals surface area contributed by atoms with Gasteiger partial charge in [-0.05, 0) is 42.5 Å². The summed E-state index contributed by atoms with van der Waals surface area (Å²) in [4.78, 5) is 28.1. The molecule has 8 nitrogen and oxygen atoms in total. The summed E-state index contributed by atoms with van der Waals surface area (Å²) in [5.41, 5.74) is 0.582. The molecule has 0 fully saturated rings. The van der Waals surface area contributed by atoms with Crippen LogP contribution in [0.5, 0.6) is 0 Å². The molecular weight excluding hydrogens is 477 g/mol. The zero-order chi connectivity index (χ0) is 23.3. The summed E-state index contributed by atoms with van der Waals surface area (Å²) < 4.78 is 31.7. The lowest BCUT2D eigenvalue weighted by atomic mass is 10.2. The van der Waals surface area contributed by atoms with Crippen molar-refractivity contribution < 1.29 is 22.7 Å². The van der Waals surface area contributed by atoms with Gasteiger partial charge in [-0.2, -0.15) is 0 Å². The van der Waals surface area contributed by atoms with Crippen LogP contribution in [-0.4, -0.2) is 38.9 Å². The van der Waals surface area contributed by atoms with Crippen molar-refractivity contribution in [1.82, 2.24) is 4.98 Å². The molecule has 0 radical (unpaired) electrons. The van der Waals surface area contributed by atoms with Crippen LogP contribution in [0.1, 0.15) is 10.4 Å². The Morgan fingerprint density at radius 1 is 1.06 bits per heavy atom. The minimum Gasteiger partial charge on any atom is -0.452 e. The summed E-state index contributed by atoms with van der Waals surface area (Å²) in [6.45, 7) is -0.587. The number of nitrogens with zero attached hydrogens (tertiary/aromatic N) is 2. The van der Waals surface area contributed by atoms with Crippen LogP contribution < -0.4 is 9.62 Å². The molecule has 1 amide bonds. The van der Waals surface area contributed by atoms with Crippen LogP contribution in [0.15, 0.2) is 71.8 Å². The molecule has 3 rings (SSSR count). The van der Waals surface area contributed by atoms with Gasteiger partial charge >= 0.3 is 5.97 Å². The number of carbonyl (C=O) groups excluding carboxylic acids is 2. The van der Waals surface area contributed by atoms with Crippen LogP contribution in [0.3, 0.4) is 0 Å². The maximum atomic E-state index is 12.8. The quantitative estimate of drug-likeness (QED) is 0.498. The molecule has 0 aliphatic carbocycles. The first-order valence-electron chi connectivity index (χ1n) is 9.10. The fourth-order valence-corrected chi connectivity index (χ4v) is 4.21. The Labute approximate surface area is 194 Å². The number of rotatable bonds is 7. The van der Waals surface area contributed by atoms with Crippen molar-refractivity contribution >= 4 is 56.6 Å². The molecule has 32 heavy (non-hydrogen) atoms. The number of para-hydroxylation sites is 1. The van der Waals surface area contributed by atoms with Crippen molar-refractivity contribution in [1.29, 1.82) is 0 Å². The van der Waals surface area contributed by atoms with Crippen LogP contribution in [0.4, 0.5) is 11.5 Å². The van der Waals surface area contributed by atoms with Gasteiger partial charge in [0.05, 0.1) is 26.2 Å². The standard InChI is InChI=1S/C21H17Cl2N3O5S/c1-26(16-5-3-2-4-6-16)32(29,30)17-9-7-14(8-10-17)21(28)31-13-19(27)25-20-18(23)11-15(22)12-24-20/h2-12H,13H2,1H3,(H,24,25,27). The Balaban J connectivity index is 1.61. The second-order valence-corrected chi connectivity index (χ2v) is 9.25. The molecule has 0 saturated carbocycles. The monoisotopic (exact) mass is 493 g/mol. The van der Waals surface area contributed by atoms with Crippen LogP contribution in [0.25, 0.3) is 0 Å². The molecule has 1 aromatic heterocycles. The Bertz CT molecular complexity index is 1240. The Morgan fingerprint density at radius 3 is 2.34 bits per heavy atom. The number of amides is 1. The number of nitrogens with one attached hydrogen (secondary N) is 1. The molecule has 0 atom stereocenters. The third-order valence-electron chi connectivity index (χ3n) is 4.27. The fourth-order valence-electron chi connectivity index (χ4n) is 2.59. The predicted molar refractivity (Wildman–Crippen MR) is 122 cm³/mol. The SMILES string of the molecule is CN(c1ccccc1)S(=O)(=O)c1ccc(C(=O)OCC(=O)Nc2ncc(Cl)cc2Cl)cc1. The zero-order valence-corrected chi connectivity index (χ0v) is 19.0. The Kier molecular flexibility index (Phi) is 7.34. The van der Waals surface area contributed by atoms with Crippen molar-refractivity contribution in [2.45, 2.75) is 4.90 Å². The number of benzene rings is 2. The van der Waals surface area contributed by atoms with E-state index in [9.17, 15) is 18.0 Å². The molecule has 166 valence electrons. The van der Waals surface area contributed by atoms with Gasteiger partial charge in [0.2, 0.25) is 0 Å². The van der Waals surface area contributed by atoms with Crippen LogP contribution in [0, 0.1) is 0 Å². The second-order valence-electron chi connectivity index (χ2n) is 6.44. The number of halogens is 2. The van der Waals surface area contributed by atoms with Gasteiger partial charge in [0, 0.05) is 13.2 Å². The van der Waals surface area contributed by atoms with Crippen molar-refractivity contribution in [2.24, 2.45) is 0 Å². The largest absolute Gasteiger partial charge is 0.452 e. The lowest BCUT2D eigenvalue weighted by Crippen LogP contribution is -2.26.